The molecule has 1 aromatic carbocycles. The molecule has 1 saturated heterocycles. The SMILES string of the molecule is C=C1C(=C)N(CCCOc2ccc(Cl)c(C)c2)C(=O)/C1=C/C. The van der Waals surface area contributed by atoms with Crippen molar-refractivity contribution in [2.75, 3.05) is 13.2 Å². The Labute approximate surface area is 136 Å². The number of rotatable bonds is 5. The minimum atomic E-state index is -0.0279. The van der Waals surface area contributed by atoms with Gasteiger partial charge in [-0.15, -0.1) is 0 Å². The van der Waals surface area contributed by atoms with E-state index in [1.54, 1.807) is 11.0 Å². The van der Waals surface area contributed by atoms with E-state index < -0.39 is 0 Å². The van der Waals surface area contributed by atoms with Gasteiger partial charge in [-0.05, 0) is 44.0 Å². The van der Waals surface area contributed by atoms with E-state index in [9.17, 15) is 4.79 Å². The number of carbonyl (C=O) groups excluding carboxylic acids is 1. The van der Waals surface area contributed by atoms with Crippen molar-refractivity contribution in [1.29, 1.82) is 0 Å². The topological polar surface area (TPSA) is 29.5 Å². The fourth-order valence-electron chi connectivity index (χ4n) is 2.37. The maximum absolute atomic E-state index is 12.2. The van der Waals surface area contributed by atoms with Crippen molar-refractivity contribution in [2.24, 2.45) is 0 Å². The highest BCUT2D eigenvalue weighted by atomic mass is 35.5. The molecule has 1 fully saturated rings. The first-order chi connectivity index (χ1) is 10.5. The first-order valence-electron chi connectivity index (χ1n) is 7.21. The van der Waals surface area contributed by atoms with Gasteiger partial charge in [0.1, 0.15) is 5.75 Å². The van der Waals surface area contributed by atoms with E-state index in [-0.39, 0.29) is 5.91 Å². The standard InChI is InChI=1S/C18H20ClNO2/c1-5-16-13(3)14(4)20(18(16)21)9-6-10-22-15-7-8-17(19)12(2)11-15/h5,7-8,11H,3-4,6,9-10H2,1-2H3/b16-5+. The molecule has 1 aromatic rings. The summed E-state index contributed by atoms with van der Waals surface area (Å²) in [6.07, 6.45) is 2.50. The minimum absolute atomic E-state index is 0.0279. The van der Waals surface area contributed by atoms with Crippen LogP contribution in [0.4, 0.5) is 0 Å². The van der Waals surface area contributed by atoms with E-state index in [1.807, 2.05) is 32.0 Å². The van der Waals surface area contributed by atoms with E-state index in [0.717, 1.165) is 22.8 Å². The lowest BCUT2D eigenvalue weighted by Gasteiger charge is -2.16. The van der Waals surface area contributed by atoms with E-state index in [2.05, 4.69) is 13.2 Å². The van der Waals surface area contributed by atoms with Crippen molar-refractivity contribution in [2.45, 2.75) is 20.3 Å². The number of ether oxygens (including phenoxy) is 1. The van der Waals surface area contributed by atoms with E-state index in [1.165, 1.54) is 0 Å². The summed E-state index contributed by atoms with van der Waals surface area (Å²) in [6.45, 7) is 12.7. The Kier molecular flexibility index (Phi) is 5.09. The van der Waals surface area contributed by atoms with Gasteiger partial charge < -0.3 is 9.64 Å². The summed E-state index contributed by atoms with van der Waals surface area (Å²) < 4.78 is 5.69. The second-order valence-electron chi connectivity index (χ2n) is 5.20. The average Bonchev–Trinajstić information content (AvgIpc) is 2.70. The fraction of sp³-hybridized carbons (Fsp3) is 0.278. The molecule has 22 heavy (non-hydrogen) atoms. The van der Waals surface area contributed by atoms with Crippen molar-refractivity contribution in [3.8, 4) is 5.75 Å². The third kappa shape index (κ3) is 3.25. The Morgan fingerprint density at radius 2 is 2.09 bits per heavy atom. The minimum Gasteiger partial charge on any atom is -0.494 e. The summed E-state index contributed by atoms with van der Waals surface area (Å²) in [5.74, 6) is 0.756. The second kappa shape index (κ2) is 6.84. The Morgan fingerprint density at radius 3 is 2.68 bits per heavy atom. The third-order valence-electron chi connectivity index (χ3n) is 3.69. The number of aryl methyl sites for hydroxylation is 1. The number of likely N-dealkylation sites (tertiary alicyclic amines) is 1. The van der Waals surface area contributed by atoms with Gasteiger partial charge in [-0.2, -0.15) is 0 Å². The highest BCUT2D eigenvalue weighted by Gasteiger charge is 2.31. The van der Waals surface area contributed by atoms with Crippen molar-refractivity contribution >= 4 is 17.5 Å². The Balaban J connectivity index is 1.86. The number of allylic oxidation sites excluding steroid dienone is 2. The summed E-state index contributed by atoms with van der Waals surface area (Å²) in [5.41, 5.74) is 3.01. The maximum atomic E-state index is 12.2. The molecule has 1 aliphatic heterocycles. The number of halogens is 1. The van der Waals surface area contributed by atoms with Crippen molar-refractivity contribution < 1.29 is 9.53 Å². The fourth-order valence-corrected chi connectivity index (χ4v) is 2.49. The van der Waals surface area contributed by atoms with Crippen molar-refractivity contribution in [3.05, 3.63) is 64.9 Å². The van der Waals surface area contributed by atoms with Gasteiger partial charge in [0, 0.05) is 28.4 Å². The highest BCUT2D eigenvalue weighted by molar-refractivity contribution is 6.31. The summed E-state index contributed by atoms with van der Waals surface area (Å²) in [7, 11) is 0. The maximum Gasteiger partial charge on any atom is 0.258 e. The Bertz CT molecular complexity index is 661. The number of nitrogens with zero attached hydrogens (tertiary/aromatic N) is 1. The van der Waals surface area contributed by atoms with Gasteiger partial charge in [0.15, 0.2) is 0 Å². The molecule has 3 nitrogen and oxygen atoms in total. The quantitative estimate of drug-likeness (QED) is 0.599. The molecule has 2 rings (SSSR count). The number of amides is 1. The molecule has 4 heteroatoms. The van der Waals surface area contributed by atoms with Crippen LogP contribution in [-0.4, -0.2) is 24.0 Å². The van der Waals surface area contributed by atoms with Crippen LogP contribution in [0, 0.1) is 6.92 Å². The third-order valence-corrected chi connectivity index (χ3v) is 4.11. The molecule has 1 amide bonds. The zero-order chi connectivity index (χ0) is 16.3. The zero-order valence-corrected chi connectivity index (χ0v) is 13.7. The van der Waals surface area contributed by atoms with Crippen LogP contribution in [0.25, 0.3) is 0 Å². The zero-order valence-electron chi connectivity index (χ0n) is 13.0. The van der Waals surface area contributed by atoms with Gasteiger partial charge in [-0.3, -0.25) is 4.79 Å². The molecule has 0 spiro atoms. The summed E-state index contributed by atoms with van der Waals surface area (Å²) >= 11 is 5.98. The van der Waals surface area contributed by atoms with E-state index >= 15 is 0 Å². The molecule has 0 unspecified atom stereocenters. The Hall–Kier alpha value is -2.00. The van der Waals surface area contributed by atoms with Gasteiger partial charge >= 0.3 is 0 Å². The Morgan fingerprint density at radius 1 is 1.36 bits per heavy atom. The molecular formula is C18H20ClNO2. The lowest BCUT2D eigenvalue weighted by atomic mass is 10.1. The molecule has 0 aliphatic carbocycles. The molecule has 0 N–H and O–H groups in total. The van der Waals surface area contributed by atoms with E-state index in [0.29, 0.717) is 30.0 Å². The van der Waals surface area contributed by atoms with Crippen LogP contribution in [0.15, 0.2) is 54.3 Å². The van der Waals surface area contributed by atoms with Crippen LogP contribution in [0.5, 0.6) is 5.75 Å². The molecule has 0 saturated carbocycles. The van der Waals surface area contributed by atoms with Crippen molar-refractivity contribution in [1.82, 2.24) is 4.90 Å². The summed E-state index contributed by atoms with van der Waals surface area (Å²) in [6, 6.07) is 5.57. The second-order valence-corrected chi connectivity index (χ2v) is 5.60. The molecule has 0 atom stereocenters. The normalized spacial score (nSPS) is 16.8. The average molecular weight is 318 g/mol. The number of carbonyl (C=O) groups is 1. The largest absolute Gasteiger partial charge is 0.494 e. The van der Waals surface area contributed by atoms with Gasteiger partial charge in [0.25, 0.3) is 5.91 Å². The van der Waals surface area contributed by atoms with Gasteiger partial charge in [0.05, 0.1) is 6.61 Å². The predicted octanol–water partition coefficient (Wildman–Crippen LogP) is 4.28. The number of hydrogen-bond acceptors (Lipinski definition) is 2. The smallest absolute Gasteiger partial charge is 0.258 e. The first-order valence-corrected chi connectivity index (χ1v) is 7.59. The van der Waals surface area contributed by atoms with Crippen LogP contribution in [0.3, 0.4) is 0 Å². The highest BCUT2D eigenvalue weighted by Crippen LogP contribution is 2.30. The summed E-state index contributed by atoms with van der Waals surface area (Å²) in [5, 5.41) is 0.726. The lowest BCUT2D eigenvalue weighted by Crippen LogP contribution is -2.25. The molecule has 116 valence electrons. The number of benzene rings is 1. The molecule has 1 aliphatic rings. The molecular weight excluding hydrogens is 298 g/mol. The van der Waals surface area contributed by atoms with Crippen LogP contribution in [0.2, 0.25) is 5.02 Å². The van der Waals surface area contributed by atoms with Gasteiger partial charge in [-0.1, -0.05) is 30.8 Å². The summed E-state index contributed by atoms with van der Waals surface area (Å²) in [4.78, 5) is 13.8. The van der Waals surface area contributed by atoms with Crippen LogP contribution >= 0.6 is 11.6 Å². The molecule has 0 radical (unpaired) electrons. The van der Waals surface area contributed by atoms with Crippen LogP contribution in [-0.2, 0) is 4.79 Å². The molecule has 0 bridgehead atoms. The number of hydrogen-bond donors (Lipinski definition) is 0. The first kappa shape index (κ1) is 16.4. The lowest BCUT2D eigenvalue weighted by molar-refractivity contribution is -0.123. The molecule has 1 heterocycles. The van der Waals surface area contributed by atoms with Crippen molar-refractivity contribution in [3.63, 3.8) is 0 Å². The molecule has 0 aromatic heterocycles. The van der Waals surface area contributed by atoms with Gasteiger partial charge in [-0.25, -0.2) is 0 Å². The monoisotopic (exact) mass is 317 g/mol. The van der Waals surface area contributed by atoms with Crippen LogP contribution < -0.4 is 4.74 Å². The van der Waals surface area contributed by atoms with Crippen LogP contribution in [0.1, 0.15) is 18.9 Å². The van der Waals surface area contributed by atoms with Gasteiger partial charge in [0.2, 0.25) is 0 Å². The predicted molar refractivity (Wildman–Crippen MR) is 90.1 cm³/mol. The van der Waals surface area contributed by atoms with E-state index in [4.69, 9.17) is 16.3 Å².